The van der Waals surface area contributed by atoms with Crippen molar-refractivity contribution in [1.29, 1.82) is 0 Å². The molecule has 0 aromatic carbocycles. The molecule has 1 fully saturated rings. The van der Waals surface area contributed by atoms with Crippen molar-refractivity contribution >= 4 is 5.91 Å². The van der Waals surface area contributed by atoms with E-state index >= 15 is 0 Å². The molecule has 2 N–H and O–H groups in total. The second-order valence-corrected chi connectivity index (χ2v) is 5.81. The Bertz CT molecular complexity index is 797. The molecule has 2 aromatic heterocycles. The zero-order chi connectivity index (χ0) is 16.2. The van der Waals surface area contributed by atoms with Crippen molar-refractivity contribution in [3.8, 4) is 0 Å². The quantitative estimate of drug-likeness (QED) is 0.864. The van der Waals surface area contributed by atoms with Crippen molar-refractivity contribution in [2.24, 2.45) is 5.92 Å². The standard InChI is InChI=1S/C16H18N4O3/c21-14-13(9-18-16(23)19-14)15(22)20-6-2-4-12(10-20)7-11-3-1-5-17-8-11/h1,3,5,8-9,12H,2,4,6-7,10H2,(H2,18,19,21,23). The number of likely N-dealkylation sites (tertiary alicyclic amines) is 1. The average molecular weight is 314 g/mol. The fourth-order valence-corrected chi connectivity index (χ4v) is 3.01. The van der Waals surface area contributed by atoms with E-state index in [2.05, 4.69) is 15.0 Å². The summed E-state index contributed by atoms with van der Waals surface area (Å²) < 4.78 is 0. The minimum atomic E-state index is -0.645. The van der Waals surface area contributed by atoms with Crippen molar-refractivity contribution < 1.29 is 4.79 Å². The fraction of sp³-hybridized carbons (Fsp3) is 0.375. The van der Waals surface area contributed by atoms with E-state index in [1.807, 2.05) is 18.3 Å². The summed E-state index contributed by atoms with van der Waals surface area (Å²) in [5.41, 5.74) is -0.131. The lowest BCUT2D eigenvalue weighted by atomic mass is 9.91. The average Bonchev–Trinajstić information content (AvgIpc) is 2.55. The van der Waals surface area contributed by atoms with Crippen LogP contribution in [0.5, 0.6) is 0 Å². The van der Waals surface area contributed by atoms with Gasteiger partial charge in [0.1, 0.15) is 5.56 Å². The Morgan fingerprint density at radius 1 is 1.39 bits per heavy atom. The molecule has 1 saturated heterocycles. The molecule has 1 unspecified atom stereocenters. The first-order valence-corrected chi connectivity index (χ1v) is 7.63. The number of H-pyrrole nitrogens is 2. The van der Waals surface area contributed by atoms with E-state index in [1.54, 1.807) is 11.1 Å². The van der Waals surface area contributed by atoms with Gasteiger partial charge in [-0.25, -0.2) is 4.79 Å². The molecule has 0 bridgehead atoms. The SMILES string of the molecule is O=C(c1c[nH]c(=O)[nH]c1=O)N1CCCC(Cc2cccnc2)C1. The van der Waals surface area contributed by atoms with Crippen LogP contribution in [0.4, 0.5) is 0 Å². The van der Waals surface area contributed by atoms with Crippen LogP contribution in [0.1, 0.15) is 28.8 Å². The second kappa shape index (κ2) is 6.60. The van der Waals surface area contributed by atoms with Crippen LogP contribution in [0.15, 0.2) is 40.3 Å². The largest absolute Gasteiger partial charge is 0.338 e. The number of carbonyl (C=O) groups is 1. The van der Waals surface area contributed by atoms with Crippen molar-refractivity contribution in [3.63, 3.8) is 0 Å². The maximum absolute atomic E-state index is 12.5. The number of nitrogens with one attached hydrogen (secondary N) is 2. The predicted molar refractivity (Wildman–Crippen MR) is 84.3 cm³/mol. The summed E-state index contributed by atoms with van der Waals surface area (Å²) in [6.45, 7) is 1.23. The minimum absolute atomic E-state index is 0.0216. The van der Waals surface area contributed by atoms with Crippen LogP contribution >= 0.6 is 0 Å². The Balaban J connectivity index is 1.71. The molecule has 1 amide bonds. The summed E-state index contributed by atoms with van der Waals surface area (Å²) in [4.78, 5) is 45.6. The number of nitrogens with zero attached hydrogens (tertiary/aromatic N) is 2. The van der Waals surface area contributed by atoms with Crippen LogP contribution in [0, 0.1) is 5.92 Å². The van der Waals surface area contributed by atoms with E-state index in [4.69, 9.17) is 0 Å². The third-order valence-corrected chi connectivity index (χ3v) is 4.10. The van der Waals surface area contributed by atoms with Crippen LogP contribution in [-0.4, -0.2) is 38.8 Å². The molecule has 23 heavy (non-hydrogen) atoms. The number of carbonyl (C=O) groups excluding carboxylic acids is 1. The molecule has 0 saturated carbocycles. The molecular weight excluding hydrogens is 296 g/mol. The summed E-state index contributed by atoms with van der Waals surface area (Å²) in [7, 11) is 0. The molecule has 2 aromatic rings. The summed E-state index contributed by atoms with van der Waals surface area (Å²) >= 11 is 0. The van der Waals surface area contributed by atoms with Gasteiger partial charge in [0.2, 0.25) is 0 Å². The van der Waals surface area contributed by atoms with E-state index in [0.717, 1.165) is 24.8 Å². The Kier molecular flexibility index (Phi) is 4.36. The molecule has 1 atom stereocenters. The number of aromatic nitrogens is 3. The lowest BCUT2D eigenvalue weighted by molar-refractivity contribution is 0.0671. The minimum Gasteiger partial charge on any atom is -0.338 e. The number of piperidine rings is 1. The molecule has 7 heteroatoms. The first kappa shape index (κ1) is 15.2. The molecule has 120 valence electrons. The third kappa shape index (κ3) is 3.56. The molecule has 3 rings (SSSR count). The molecule has 3 heterocycles. The topological polar surface area (TPSA) is 98.9 Å². The number of pyridine rings is 1. The second-order valence-electron chi connectivity index (χ2n) is 5.81. The number of amides is 1. The van der Waals surface area contributed by atoms with Gasteiger partial charge in [0, 0.05) is 31.7 Å². The maximum Gasteiger partial charge on any atom is 0.325 e. The van der Waals surface area contributed by atoms with Gasteiger partial charge in [-0.1, -0.05) is 6.07 Å². The lowest BCUT2D eigenvalue weighted by Gasteiger charge is -2.32. The van der Waals surface area contributed by atoms with Crippen LogP contribution in [0.2, 0.25) is 0 Å². The van der Waals surface area contributed by atoms with E-state index in [0.29, 0.717) is 19.0 Å². The van der Waals surface area contributed by atoms with Gasteiger partial charge in [0.25, 0.3) is 11.5 Å². The highest BCUT2D eigenvalue weighted by Gasteiger charge is 2.26. The Morgan fingerprint density at radius 3 is 3.00 bits per heavy atom. The van der Waals surface area contributed by atoms with E-state index in [1.165, 1.54) is 6.20 Å². The number of hydrogen-bond acceptors (Lipinski definition) is 4. The molecular formula is C16H18N4O3. The van der Waals surface area contributed by atoms with Gasteiger partial charge in [0.15, 0.2) is 0 Å². The molecule has 0 radical (unpaired) electrons. The number of aromatic amines is 2. The number of hydrogen-bond donors (Lipinski definition) is 2. The normalized spacial score (nSPS) is 17.9. The van der Waals surface area contributed by atoms with Crippen LogP contribution < -0.4 is 11.2 Å². The smallest absolute Gasteiger partial charge is 0.325 e. The van der Waals surface area contributed by atoms with Gasteiger partial charge in [0.05, 0.1) is 0 Å². The van der Waals surface area contributed by atoms with Gasteiger partial charge in [-0.2, -0.15) is 0 Å². The van der Waals surface area contributed by atoms with Gasteiger partial charge in [-0.15, -0.1) is 0 Å². The Labute approximate surface area is 132 Å². The third-order valence-electron chi connectivity index (χ3n) is 4.10. The highest BCUT2D eigenvalue weighted by Crippen LogP contribution is 2.21. The first-order chi connectivity index (χ1) is 11.1. The lowest BCUT2D eigenvalue weighted by Crippen LogP contribution is -2.43. The van der Waals surface area contributed by atoms with Crippen molar-refractivity contribution in [2.75, 3.05) is 13.1 Å². The van der Waals surface area contributed by atoms with Gasteiger partial charge < -0.3 is 9.88 Å². The summed E-state index contributed by atoms with van der Waals surface area (Å²) in [5, 5.41) is 0. The predicted octanol–water partition coefficient (Wildman–Crippen LogP) is 0.553. The molecule has 0 aliphatic carbocycles. The van der Waals surface area contributed by atoms with Crippen LogP contribution in [0.3, 0.4) is 0 Å². The van der Waals surface area contributed by atoms with Crippen LogP contribution in [0.25, 0.3) is 0 Å². The van der Waals surface area contributed by atoms with Crippen molar-refractivity contribution in [3.05, 3.63) is 62.7 Å². The van der Waals surface area contributed by atoms with E-state index in [-0.39, 0.29) is 11.5 Å². The zero-order valence-electron chi connectivity index (χ0n) is 12.6. The monoisotopic (exact) mass is 314 g/mol. The fourth-order valence-electron chi connectivity index (χ4n) is 3.01. The molecule has 1 aliphatic heterocycles. The van der Waals surface area contributed by atoms with Gasteiger partial charge >= 0.3 is 5.69 Å². The highest BCUT2D eigenvalue weighted by atomic mass is 16.2. The van der Waals surface area contributed by atoms with E-state index < -0.39 is 11.2 Å². The van der Waals surface area contributed by atoms with E-state index in [9.17, 15) is 14.4 Å². The summed E-state index contributed by atoms with van der Waals surface area (Å²) in [5.74, 6) is 0.0112. The highest BCUT2D eigenvalue weighted by molar-refractivity contribution is 5.93. The first-order valence-electron chi connectivity index (χ1n) is 7.63. The molecule has 7 nitrogen and oxygen atoms in total. The molecule has 1 aliphatic rings. The summed E-state index contributed by atoms with van der Waals surface area (Å²) in [6.07, 6.45) is 7.57. The van der Waals surface area contributed by atoms with Crippen molar-refractivity contribution in [1.82, 2.24) is 19.9 Å². The molecule has 0 spiro atoms. The summed E-state index contributed by atoms with van der Waals surface area (Å²) in [6, 6.07) is 3.93. The van der Waals surface area contributed by atoms with Gasteiger partial charge in [-0.3, -0.25) is 19.6 Å². The maximum atomic E-state index is 12.5. The van der Waals surface area contributed by atoms with Crippen LogP contribution in [-0.2, 0) is 6.42 Å². The zero-order valence-corrected chi connectivity index (χ0v) is 12.6. The Hall–Kier alpha value is -2.70. The Morgan fingerprint density at radius 2 is 2.26 bits per heavy atom. The van der Waals surface area contributed by atoms with Gasteiger partial charge in [-0.05, 0) is 36.8 Å². The number of rotatable bonds is 3. The van der Waals surface area contributed by atoms with Crippen molar-refractivity contribution in [2.45, 2.75) is 19.3 Å².